The Balaban J connectivity index is 1.54. The zero-order valence-electron chi connectivity index (χ0n) is 18.1. The molecule has 0 radical (unpaired) electrons. The second kappa shape index (κ2) is 9.56. The number of piperidine rings is 1. The monoisotopic (exact) mass is 422 g/mol. The zero-order chi connectivity index (χ0) is 21.8. The van der Waals surface area contributed by atoms with Crippen LogP contribution in [0.4, 0.5) is 5.82 Å². The number of fused-ring (bicyclic) bond motifs is 1. The van der Waals surface area contributed by atoms with E-state index in [2.05, 4.69) is 12.1 Å². The topological polar surface area (TPSA) is 86.6 Å². The summed E-state index contributed by atoms with van der Waals surface area (Å²) in [6.07, 6.45) is 4.71. The van der Waals surface area contributed by atoms with Crippen LogP contribution in [0.3, 0.4) is 0 Å². The van der Waals surface area contributed by atoms with Gasteiger partial charge < -0.3 is 10.0 Å². The van der Waals surface area contributed by atoms with Crippen molar-refractivity contribution < 1.29 is 14.7 Å². The Morgan fingerprint density at radius 2 is 2.00 bits per heavy atom. The van der Waals surface area contributed by atoms with Crippen LogP contribution in [0.15, 0.2) is 30.3 Å². The van der Waals surface area contributed by atoms with Crippen LogP contribution in [0.25, 0.3) is 0 Å². The summed E-state index contributed by atoms with van der Waals surface area (Å²) in [5.74, 6) is 1.34. The fourth-order valence-electron chi connectivity index (χ4n) is 4.62. The summed E-state index contributed by atoms with van der Waals surface area (Å²) < 4.78 is 0. The number of rotatable bonds is 6. The Hall–Kier alpha value is -2.80. The number of aliphatic hydroxyl groups is 1. The van der Waals surface area contributed by atoms with Gasteiger partial charge in [-0.15, -0.1) is 0 Å². The molecule has 164 valence electrons. The van der Waals surface area contributed by atoms with E-state index >= 15 is 0 Å². The van der Waals surface area contributed by atoms with Gasteiger partial charge in [0.25, 0.3) is 0 Å². The normalized spacial score (nSPS) is 18.8. The van der Waals surface area contributed by atoms with Gasteiger partial charge in [-0.05, 0) is 44.6 Å². The minimum atomic E-state index is -0.472. The van der Waals surface area contributed by atoms with E-state index in [0.29, 0.717) is 38.3 Å². The van der Waals surface area contributed by atoms with Crippen LogP contribution in [0.1, 0.15) is 54.2 Å². The lowest BCUT2D eigenvalue weighted by atomic mass is 9.96. The molecule has 1 atom stereocenters. The predicted molar refractivity (Wildman–Crippen MR) is 118 cm³/mol. The van der Waals surface area contributed by atoms with Gasteiger partial charge in [-0.3, -0.25) is 14.5 Å². The van der Waals surface area contributed by atoms with Crippen molar-refractivity contribution >= 4 is 17.6 Å². The standard InChI is InChI=1S/C24H30N4O3/c1-17-20-11-12-21(30)28(14-5-9-18-7-3-2-4-8-18)24(20)26-23(25-17)19-10-6-13-27(15-19)22(31)16-29/h2-4,7-8,19,29H,5-6,9-16H2,1H3/t19-/m1/s1. The van der Waals surface area contributed by atoms with Gasteiger partial charge in [0.2, 0.25) is 11.8 Å². The number of carbonyl (C=O) groups is 2. The molecule has 31 heavy (non-hydrogen) atoms. The fourth-order valence-corrected chi connectivity index (χ4v) is 4.62. The van der Waals surface area contributed by atoms with Gasteiger partial charge in [-0.1, -0.05) is 30.3 Å². The minimum Gasteiger partial charge on any atom is -0.387 e. The van der Waals surface area contributed by atoms with Crippen molar-refractivity contribution in [1.82, 2.24) is 14.9 Å². The van der Waals surface area contributed by atoms with E-state index in [1.54, 1.807) is 4.90 Å². The number of anilines is 1. The van der Waals surface area contributed by atoms with Crippen molar-refractivity contribution in [2.24, 2.45) is 0 Å². The Kier molecular flexibility index (Phi) is 6.61. The predicted octanol–water partition coefficient (Wildman–Crippen LogP) is 2.40. The Morgan fingerprint density at radius 3 is 2.77 bits per heavy atom. The molecule has 7 nitrogen and oxygen atoms in total. The molecular weight excluding hydrogens is 392 g/mol. The number of aliphatic hydroxyl groups excluding tert-OH is 1. The molecule has 1 fully saturated rings. The summed E-state index contributed by atoms with van der Waals surface area (Å²) in [6.45, 7) is 3.32. The third kappa shape index (κ3) is 4.77. The lowest BCUT2D eigenvalue weighted by Crippen LogP contribution is -2.41. The summed E-state index contributed by atoms with van der Waals surface area (Å²) in [7, 11) is 0. The van der Waals surface area contributed by atoms with Gasteiger partial charge in [0, 0.05) is 43.2 Å². The average molecular weight is 423 g/mol. The molecule has 0 unspecified atom stereocenters. The molecule has 1 aromatic carbocycles. The highest BCUT2D eigenvalue weighted by atomic mass is 16.3. The highest BCUT2D eigenvalue weighted by Crippen LogP contribution is 2.32. The maximum atomic E-state index is 12.8. The number of aromatic nitrogens is 2. The van der Waals surface area contributed by atoms with Crippen LogP contribution >= 0.6 is 0 Å². The van der Waals surface area contributed by atoms with Gasteiger partial charge >= 0.3 is 0 Å². The van der Waals surface area contributed by atoms with E-state index in [-0.39, 0.29) is 17.7 Å². The van der Waals surface area contributed by atoms with Gasteiger partial charge in [0.05, 0.1) is 0 Å². The fraction of sp³-hybridized carbons (Fsp3) is 0.500. The number of benzene rings is 1. The summed E-state index contributed by atoms with van der Waals surface area (Å²) in [6, 6.07) is 10.3. The largest absolute Gasteiger partial charge is 0.387 e. The molecule has 4 rings (SSSR count). The lowest BCUT2D eigenvalue weighted by Gasteiger charge is -2.33. The van der Waals surface area contributed by atoms with Crippen molar-refractivity contribution in [2.75, 3.05) is 31.1 Å². The molecule has 0 saturated carbocycles. The van der Waals surface area contributed by atoms with E-state index in [4.69, 9.17) is 9.97 Å². The first-order valence-corrected chi connectivity index (χ1v) is 11.2. The Morgan fingerprint density at radius 1 is 1.19 bits per heavy atom. The first-order chi connectivity index (χ1) is 15.1. The number of aryl methyl sites for hydroxylation is 2. The van der Waals surface area contributed by atoms with Crippen LogP contribution in [0.2, 0.25) is 0 Å². The number of carbonyl (C=O) groups excluding carboxylic acids is 2. The van der Waals surface area contributed by atoms with Crippen molar-refractivity contribution in [3.63, 3.8) is 0 Å². The molecule has 0 aliphatic carbocycles. The molecule has 3 heterocycles. The third-order valence-electron chi connectivity index (χ3n) is 6.32. The summed E-state index contributed by atoms with van der Waals surface area (Å²) in [5.41, 5.74) is 3.25. The van der Waals surface area contributed by atoms with Gasteiger partial charge in [0.1, 0.15) is 18.2 Å². The second-order valence-electron chi connectivity index (χ2n) is 8.44. The van der Waals surface area contributed by atoms with Crippen molar-refractivity contribution in [3.8, 4) is 0 Å². The first-order valence-electron chi connectivity index (χ1n) is 11.2. The molecule has 0 spiro atoms. The quantitative estimate of drug-likeness (QED) is 0.773. The van der Waals surface area contributed by atoms with Crippen LogP contribution in [-0.4, -0.2) is 58.0 Å². The van der Waals surface area contributed by atoms with E-state index in [1.165, 1.54) is 5.56 Å². The van der Waals surface area contributed by atoms with Gasteiger partial charge in [0.15, 0.2) is 0 Å². The molecule has 0 bridgehead atoms. The third-order valence-corrected chi connectivity index (χ3v) is 6.32. The summed E-state index contributed by atoms with van der Waals surface area (Å²) in [4.78, 5) is 37.9. The number of nitrogens with zero attached hydrogens (tertiary/aromatic N) is 4. The molecule has 1 N–H and O–H groups in total. The lowest BCUT2D eigenvalue weighted by molar-refractivity contribution is -0.135. The Bertz CT molecular complexity index is 947. The van der Waals surface area contributed by atoms with Crippen LogP contribution in [-0.2, 0) is 22.4 Å². The SMILES string of the molecule is Cc1nc([C@@H]2CCCN(C(=O)CO)C2)nc2c1CCC(=O)N2CCCc1ccccc1. The maximum Gasteiger partial charge on any atom is 0.248 e. The number of likely N-dealkylation sites (tertiary alicyclic amines) is 1. The molecule has 7 heteroatoms. The van der Waals surface area contributed by atoms with E-state index in [1.807, 2.05) is 30.0 Å². The van der Waals surface area contributed by atoms with E-state index < -0.39 is 6.61 Å². The molecular formula is C24H30N4O3. The molecule has 1 aromatic heterocycles. The van der Waals surface area contributed by atoms with E-state index in [0.717, 1.165) is 42.8 Å². The molecule has 1 saturated heterocycles. The van der Waals surface area contributed by atoms with E-state index in [9.17, 15) is 14.7 Å². The Labute approximate surface area is 183 Å². The molecule has 2 amide bonds. The number of amides is 2. The van der Waals surface area contributed by atoms with Crippen molar-refractivity contribution in [3.05, 3.63) is 53.0 Å². The van der Waals surface area contributed by atoms with Crippen molar-refractivity contribution in [1.29, 1.82) is 0 Å². The van der Waals surface area contributed by atoms with Crippen molar-refractivity contribution in [2.45, 2.75) is 51.4 Å². The number of hydrogen-bond donors (Lipinski definition) is 1. The first kappa shape index (κ1) is 21.4. The van der Waals surface area contributed by atoms with Crippen LogP contribution in [0, 0.1) is 6.92 Å². The highest BCUT2D eigenvalue weighted by molar-refractivity contribution is 5.95. The van der Waals surface area contributed by atoms with Crippen LogP contribution < -0.4 is 4.90 Å². The van der Waals surface area contributed by atoms with Crippen LogP contribution in [0.5, 0.6) is 0 Å². The second-order valence-corrected chi connectivity index (χ2v) is 8.44. The minimum absolute atomic E-state index is 0.0245. The summed E-state index contributed by atoms with van der Waals surface area (Å²) in [5, 5.41) is 9.21. The number of hydrogen-bond acceptors (Lipinski definition) is 5. The average Bonchev–Trinajstić information content (AvgIpc) is 2.80. The zero-order valence-corrected chi connectivity index (χ0v) is 18.1. The molecule has 2 aromatic rings. The van der Waals surface area contributed by atoms with Gasteiger partial charge in [-0.25, -0.2) is 9.97 Å². The summed E-state index contributed by atoms with van der Waals surface area (Å²) >= 11 is 0. The molecule has 2 aliphatic rings. The smallest absolute Gasteiger partial charge is 0.248 e. The highest BCUT2D eigenvalue weighted by Gasteiger charge is 2.31. The molecule has 2 aliphatic heterocycles. The van der Waals surface area contributed by atoms with Gasteiger partial charge in [-0.2, -0.15) is 0 Å². The maximum absolute atomic E-state index is 12.8.